The lowest BCUT2D eigenvalue weighted by Gasteiger charge is -2.22. The van der Waals surface area contributed by atoms with Crippen LogP contribution in [0.15, 0.2) is 23.1 Å². The second kappa shape index (κ2) is 6.14. The molecule has 0 aromatic heterocycles. The van der Waals surface area contributed by atoms with E-state index in [-0.39, 0.29) is 12.7 Å². The van der Waals surface area contributed by atoms with Gasteiger partial charge in [-0.15, -0.1) is 0 Å². The fraction of sp³-hybridized carbons (Fsp3) is 0.375. The van der Waals surface area contributed by atoms with E-state index in [2.05, 4.69) is 4.90 Å². The van der Waals surface area contributed by atoms with Crippen molar-refractivity contribution in [1.29, 1.82) is 0 Å². The zero-order chi connectivity index (χ0) is 15.8. The zero-order valence-electron chi connectivity index (χ0n) is 12.5. The molecule has 23 heavy (non-hydrogen) atoms. The number of carbonyl (C=O) groups is 1. The topological polar surface area (TPSA) is 42.0 Å². The Morgan fingerprint density at radius 2 is 2.00 bits per heavy atom. The molecule has 0 radical (unpaired) electrons. The van der Waals surface area contributed by atoms with Crippen molar-refractivity contribution in [3.05, 3.63) is 28.7 Å². The van der Waals surface area contributed by atoms with Crippen LogP contribution in [-0.4, -0.2) is 46.6 Å². The number of amides is 1. The average Bonchev–Trinajstić information content (AvgIpc) is 3.26. The van der Waals surface area contributed by atoms with Gasteiger partial charge in [0, 0.05) is 0 Å². The summed E-state index contributed by atoms with van der Waals surface area (Å²) in [4.78, 5) is 17.2. The Kier molecular flexibility index (Phi) is 4.00. The Hall–Kier alpha value is -1.57. The van der Waals surface area contributed by atoms with Crippen molar-refractivity contribution in [2.24, 2.45) is 0 Å². The third-order valence-electron chi connectivity index (χ3n) is 4.11. The lowest BCUT2D eigenvalue weighted by molar-refractivity contribution is -0.123. The van der Waals surface area contributed by atoms with Crippen molar-refractivity contribution in [1.82, 2.24) is 9.80 Å². The van der Waals surface area contributed by atoms with Crippen molar-refractivity contribution in [2.45, 2.75) is 12.8 Å². The van der Waals surface area contributed by atoms with Crippen LogP contribution >= 0.6 is 24.0 Å². The van der Waals surface area contributed by atoms with Gasteiger partial charge in [-0.1, -0.05) is 30.0 Å². The van der Waals surface area contributed by atoms with Crippen LogP contribution in [0.5, 0.6) is 11.5 Å². The number of thiocarbonyl (C=S) groups is 1. The fourth-order valence-electron chi connectivity index (χ4n) is 2.90. The number of rotatable bonds is 3. The van der Waals surface area contributed by atoms with Crippen molar-refractivity contribution < 1.29 is 14.3 Å². The van der Waals surface area contributed by atoms with Gasteiger partial charge in [-0.05, 0) is 49.7 Å². The molecular weight excluding hydrogens is 332 g/mol. The Morgan fingerprint density at radius 1 is 1.22 bits per heavy atom. The monoisotopic (exact) mass is 348 g/mol. The number of benzene rings is 1. The number of likely N-dealkylation sites (tertiary alicyclic amines) is 1. The minimum absolute atomic E-state index is 0.00966. The molecule has 0 N–H and O–H groups in total. The molecule has 4 rings (SSSR count). The summed E-state index contributed by atoms with van der Waals surface area (Å²) in [6, 6.07) is 5.66. The van der Waals surface area contributed by atoms with Gasteiger partial charge < -0.3 is 9.47 Å². The Bertz CT molecular complexity index is 699. The first-order valence-corrected chi connectivity index (χ1v) is 8.80. The average molecular weight is 348 g/mol. The number of fused-ring (bicyclic) bond motifs is 1. The highest BCUT2D eigenvalue weighted by molar-refractivity contribution is 8.26. The van der Waals surface area contributed by atoms with E-state index in [0.29, 0.717) is 21.6 Å². The molecule has 1 amide bonds. The SMILES string of the molecule is O=C1/C(=C/c2ccc3c(c2)OCO3)SC(=S)N1CN1CCCC1. The lowest BCUT2D eigenvalue weighted by Crippen LogP contribution is -2.38. The second-order valence-electron chi connectivity index (χ2n) is 5.69. The molecule has 0 spiro atoms. The number of hydrogen-bond donors (Lipinski definition) is 0. The van der Waals surface area contributed by atoms with E-state index in [1.165, 1.54) is 24.6 Å². The van der Waals surface area contributed by atoms with Crippen LogP contribution in [0.25, 0.3) is 6.08 Å². The molecule has 0 atom stereocenters. The Balaban J connectivity index is 1.52. The molecule has 7 heteroatoms. The second-order valence-corrected chi connectivity index (χ2v) is 7.36. The first-order chi connectivity index (χ1) is 11.2. The highest BCUT2D eigenvalue weighted by Crippen LogP contribution is 2.36. The molecule has 3 heterocycles. The predicted octanol–water partition coefficient (Wildman–Crippen LogP) is 2.67. The van der Waals surface area contributed by atoms with Crippen LogP contribution in [0.3, 0.4) is 0 Å². The molecule has 0 bridgehead atoms. The third kappa shape index (κ3) is 2.96. The van der Waals surface area contributed by atoms with Gasteiger partial charge in [-0.3, -0.25) is 14.6 Å². The number of nitrogens with zero attached hydrogens (tertiary/aromatic N) is 2. The van der Waals surface area contributed by atoms with Crippen LogP contribution in [0, 0.1) is 0 Å². The summed E-state index contributed by atoms with van der Waals surface area (Å²) in [5, 5.41) is 0. The Morgan fingerprint density at radius 3 is 2.83 bits per heavy atom. The molecule has 0 aliphatic carbocycles. The quantitative estimate of drug-likeness (QED) is 0.618. The molecule has 120 valence electrons. The standard InChI is InChI=1S/C16H16N2O3S2/c19-15-14(8-11-3-4-12-13(7-11)21-10-20-12)23-16(22)18(15)9-17-5-1-2-6-17/h3-4,7-8H,1-2,5-6,9-10H2/b14-8-. The molecule has 2 saturated heterocycles. The van der Waals surface area contributed by atoms with Gasteiger partial charge in [-0.2, -0.15) is 0 Å². The zero-order valence-corrected chi connectivity index (χ0v) is 14.1. The fourth-order valence-corrected chi connectivity index (χ4v) is 4.14. The summed E-state index contributed by atoms with van der Waals surface area (Å²) in [7, 11) is 0. The minimum atomic E-state index is -0.00966. The summed E-state index contributed by atoms with van der Waals surface area (Å²) in [6.07, 6.45) is 4.26. The summed E-state index contributed by atoms with van der Waals surface area (Å²) in [5.74, 6) is 1.44. The largest absolute Gasteiger partial charge is 0.454 e. The normalized spacial score (nSPS) is 22.6. The van der Waals surface area contributed by atoms with Gasteiger partial charge >= 0.3 is 0 Å². The summed E-state index contributed by atoms with van der Waals surface area (Å²) in [6.45, 7) is 2.93. The van der Waals surface area contributed by atoms with Crippen LogP contribution in [0.2, 0.25) is 0 Å². The van der Waals surface area contributed by atoms with Crippen molar-refractivity contribution >= 4 is 40.3 Å². The van der Waals surface area contributed by atoms with Crippen molar-refractivity contribution in [2.75, 3.05) is 26.6 Å². The van der Waals surface area contributed by atoms with E-state index in [0.717, 1.165) is 24.4 Å². The van der Waals surface area contributed by atoms with Crippen LogP contribution in [-0.2, 0) is 4.79 Å². The van der Waals surface area contributed by atoms with E-state index in [1.807, 2.05) is 24.3 Å². The van der Waals surface area contributed by atoms with E-state index < -0.39 is 0 Å². The maximum absolute atomic E-state index is 12.6. The minimum Gasteiger partial charge on any atom is -0.454 e. The molecule has 1 aromatic carbocycles. The van der Waals surface area contributed by atoms with Gasteiger partial charge in [0.1, 0.15) is 4.32 Å². The van der Waals surface area contributed by atoms with Crippen LogP contribution < -0.4 is 9.47 Å². The molecular formula is C16H16N2O3S2. The molecule has 3 aliphatic heterocycles. The third-order valence-corrected chi connectivity index (χ3v) is 5.49. The number of carbonyl (C=O) groups excluding carboxylic acids is 1. The Labute approximate surface area is 144 Å². The van der Waals surface area contributed by atoms with Crippen LogP contribution in [0.4, 0.5) is 0 Å². The van der Waals surface area contributed by atoms with Gasteiger partial charge in [0.2, 0.25) is 6.79 Å². The van der Waals surface area contributed by atoms with E-state index in [4.69, 9.17) is 21.7 Å². The number of ether oxygens (including phenoxy) is 2. The van der Waals surface area contributed by atoms with Gasteiger partial charge in [-0.25, -0.2) is 0 Å². The molecule has 5 nitrogen and oxygen atoms in total. The van der Waals surface area contributed by atoms with Gasteiger partial charge in [0.15, 0.2) is 11.5 Å². The van der Waals surface area contributed by atoms with E-state index in [1.54, 1.807) is 4.90 Å². The molecule has 0 saturated carbocycles. The number of thioether (sulfide) groups is 1. The number of hydrogen-bond acceptors (Lipinski definition) is 6. The molecule has 3 aliphatic rings. The van der Waals surface area contributed by atoms with Gasteiger partial charge in [0.05, 0.1) is 11.6 Å². The summed E-state index contributed by atoms with van der Waals surface area (Å²) >= 11 is 6.74. The van der Waals surface area contributed by atoms with Crippen molar-refractivity contribution in [3.8, 4) is 11.5 Å². The highest BCUT2D eigenvalue weighted by Gasteiger charge is 2.33. The smallest absolute Gasteiger partial charge is 0.267 e. The predicted molar refractivity (Wildman–Crippen MR) is 93.3 cm³/mol. The van der Waals surface area contributed by atoms with E-state index in [9.17, 15) is 4.79 Å². The van der Waals surface area contributed by atoms with Crippen molar-refractivity contribution in [3.63, 3.8) is 0 Å². The maximum atomic E-state index is 12.6. The maximum Gasteiger partial charge on any atom is 0.267 e. The molecule has 1 aromatic rings. The van der Waals surface area contributed by atoms with Gasteiger partial charge in [0.25, 0.3) is 5.91 Å². The van der Waals surface area contributed by atoms with Crippen LogP contribution in [0.1, 0.15) is 18.4 Å². The highest BCUT2D eigenvalue weighted by atomic mass is 32.2. The summed E-state index contributed by atoms with van der Waals surface area (Å²) in [5.41, 5.74) is 0.913. The molecule has 2 fully saturated rings. The molecule has 0 unspecified atom stereocenters. The first kappa shape index (κ1) is 15.0. The first-order valence-electron chi connectivity index (χ1n) is 7.58. The van der Waals surface area contributed by atoms with E-state index >= 15 is 0 Å². The lowest BCUT2D eigenvalue weighted by atomic mass is 10.2. The summed E-state index contributed by atoms with van der Waals surface area (Å²) < 4.78 is 11.3.